The number of hydrogen-bond donors (Lipinski definition) is 2. The Kier molecular flexibility index (Phi) is 11.2. The number of ether oxygens (including phenoxy) is 1. The summed E-state index contributed by atoms with van der Waals surface area (Å²) in [5, 5.41) is 17.7. The van der Waals surface area contributed by atoms with E-state index in [1.807, 2.05) is 12.1 Å². The molecule has 1 saturated heterocycles. The van der Waals surface area contributed by atoms with Gasteiger partial charge in [-0.1, -0.05) is 12.1 Å². The van der Waals surface area contributed by atoms with E-state index in [0.29, 0.717) is 6.04 Å². The molecule has 1 fully saturated rings. The number of methoxy groups -OCH3 is 1. The molecule has 0 amide bonds. The number of nitrogens with zero attached hydrogens (tertiary/aromatic N) is 3. The zero-order valence-electron chi connectivity index (χ0n) is 18.4. The molecule has 2 rings (SSSR count). The van der Waals surface area contributed by atoms with Crippen molar-refractivity contribution in [3.8, 4) is 0 Å². The molecule has 0 spiro atoms. The molecule has 168 valence electrons. The number of nitrogens with one attached hydrogen (secondary N) is 2. The van der Waals surface area contributed by atoms with Crippen LogP contribution in [0, 0.1) is 10.1 Å². The van der Waals surface area contributed by atoms with Crippen LogP contribution in [0.5, 0.6) is 0 Å². The van der Waals surface area contributed by atoms with Gasteiger partial charge in [-0.2, -0.15) is 0 Å². The zero-order chi connectivity index (χ0) is 21.6. The van der Waals surface area contributed by atoms with Gasteiger partial charge in [0.1, 0.15) is 0 Å². The average Bonchev–Trinajstić information content (AvgIpc) is 2.75. The maximum atomic E-state index is 10.7. The van der Waals surface area contributed by atoms with E-state index in [9.17, 15) is 10.1 Å². The Labute approximate surface area is 180 Å². The highest BCUT2D eigenvalue weighted by Gasteiger charge is 2.19. The van der Waals surface area contributed by atoms with Gasteiger partial charge in [0, 0.05) is 64.6 Å². The van der Waals surface area contributed by atoms with Crippen molar-refractivity contribution in [2.24, 2.45) is 4.99 Å². The van der Waals surface area contributed by atoms with Gasteiger partial charge in [-0.05, 0) is 51.0 Å². The number of nitro benzene ring substituents is 1. The first kappa shape index (κ1) is 24.1. The third-order valence-corrected chi connectivity index (χ3v) is 5.39. The van der Waals surface area contributed by atoms with Crippen molar-refractivity contribution in [1.29, 1.82) is 0 Å². The van der Waals surface area contributed by atoms with E-state index in [1.54, 1.807) is 19.2 Å². The van der Waals surface area contributed by atoms with Gasteiger partial charge >= 0.3 is 0 Å². The fraction of sp³-hybridized carbons (Fsp3) is 0.682. The summed E-state index contributed by atoms with van der Waals surface area (Å²) in [6, 6.07) is 7.30. The molecule has 1 aromatic carbocycles. The molecule has 0 radical (unpaired) electrons. The molecule has 1 aromatic rings. The number of aliphatic imine (C=N–C) groups is 1. The first-order valence-corrected chi connectivity index (χ1v) is 11.1. The third kappa shape index (κ3) is 9.09. The number of likely N-dealkylation sites (tertiary alicyclic amines) is 1. The van der Waals surface area contributed by atoms with Gasteiger partial charge in [-0.25, -0.2) is 0 Å². The monoisotopic (exact) mass is 419 g/mol. The number of unbranched alkanes of at least 4 members (excludes halogenated alkanes) is 1. The lowest BCUT2D eigenvalue weighted by Gasteiger charge is -2.33. The maximum absolute atomic E-state index is 10.7. The molecule has 0 unspecified atom stereocenters. The van der Waals surface area contributed by atoms with Crippen LogP contribution in [0.1, 0.15) is 44.6 Å². The molecule has 0 saturated carbocycles. The van der Waals surface area contributed by atoms with E-state index >= 15 is 0 Å². The Bertz CT molecular complexity index is 643. The first-order chi connectivity index (χ1) is 14.6. The number of rotatable bonds is 12. The Hall–Kier alpha value is -2.19. The number of hydrogen-bond acceptors (Lipinski definition) is 5. The molecule has 8 heteroatoms. The second-order valence-corrected chi connectivity index (χ2v) is 7.75. The van der Waals surface area contributed by atoms with Gasteiger partial charge in [-0.3, -0.25) is 15.1 Å². The van der Waals surface area contributed by atoms with Crippen LogP contribution in [-0.4, -0.2) is 68.3 Å². The van der Waals surface area contributed by atoms with Crippen molar-refractivity contribution in [2.75, 3.05) is 46.4 Å². The maximum Gasteiger partial charge on any atom is 0.269 e. The standard InChI is InChI=1S/C22H37N5O3/c1-3-23-22(25-20-12-16-26(17-13-20)15-6-18-30-2)24-14-5-4-7-19-8-10-21(11-9-19)27(28)29/h8-11,20H,3-7,12-18H2,1-2H3,(H2,23,24,25). The van der Waals surface area contributed by atoms with Crippen LogP contribution < -0.4 is 10.6 Å². The molecule has 1 aliphatic rings. The van der Waals surface area contributed by atoms with Crippen molar-refractivity contribution in [3.05, 3.63) is 39.9 Å². The Morgan fingerprint density at radius 2 is 1.97 bits per heavy atom. The summed E-state index contributed by atoms with van der Waals surface area (Å²) in [5.74, 6) is 0.908. The largest absolute Gasteiger partial charge is 0.385 e. The first-order valence-electron chi connectivity index (χ1n) is 11.1. The van der Waals surface area contributed by atoms with Crippen LogP contribution >= 0.6 is 0 Å². The van der Waals surface area contributed by atoms with Gasteiger partial charge < -0.3 is 20.3 Å². The summed E-state index contributed by atoms with van der Waals surface area (Å²) in [7, 11) is 1.76. The smallest absolute Gasteiger partial charge is 0.269 e. The molecule has 0 atom stereocenters. The van der Waals surface area contributed by atoms with Gasteiger partial charge in [0.25, 0.3) is 5.69 Å². The van der Waals surface area contributed by atoms with E-state index in [4.69, 9.17) is 9.73 Å². The molecule has 8 nitrogen and oxygen atoms in total. The van der Waals surface area contributed by atoms with Crippen molar-refractivity contribution in [1.82, 2.24) is 15.5 Å². The lowest BCUT2D eigenvalue weighted by Crippen LogP contribution is -2.48. The lowest BCUT2D eigenvalue weighted by molar-refractivity contribution is -0.384. The number of benzene rings is 1. The van der Waals surface area contributed by atoms with Gasteiger partial charge in [0.15, 0.2) is 5.96 Å². The van der Waals surface area contributed by atoms with E-state index in [0.717, 1.165) is 89.4 Å². The quantitative estimate of drug-likeness (QED) is 0.178. The van der Waals surface area contributed by atoms with Gasteiger partial charge in [0.05, 0.1) is 4.92 Å². The predicted octanol–water partition coefficient (Wildman–Crippen LogP) is 2.97. The predicted molar refractivity (Wildman–Crippen MR) is 121 cm³/mol. The minimum absolute atomic E-state index is 0.144. The fourth-order valence-electron chi connectivity index (χ4n) is 3.66. The normalized spacial score (nSPS) is 15.9. The summed E-state index contributed by atoms with van der Waals surface area (Å²) in [6.45, 7) is 7.90. The summed E-state index contributed by atoms with van der Waals surface area (Å²) in [6.07, 6.45) is 6.29. The van der Waals surface area contributed by atoms with Gasteiger partial charge in [0.2, 0.25) is 0 Å². The highest BCUT2D eigenvalue weighted by molar-refractivity contribution is 5.80. The number of nitro groups is 1. The highest BCUT2D eigenvalue weighted by atomic mass is 16.6. The highest BCUT2D eigenvalue weighted by Crippen LogP contribution is 2.14. The second-order valence-electron chi connectivity index (χ2n) is 7.75. The number of piperidine rings is 1. The molecule has 0 bridgehead atoms. The third-order valence-electron chi connectivity index (χ3n) is 5.39. The van der Waals surface area contributed by atoms with E-state index < -0.39 is 0 Å². The molecule has 0 aromatic heterocycles. The summed E-state index contributed by atoms with van der Waals surface area (Å²) >= 11 is 0. The minimum Gasteiger partial charge on any atom is -0.385 e. The Morgan fingerprint density at radius 1 is 1.23 bits per heavy atom. The van der Waals surface area contributed by atoms with Crippen LogP contribution in [0.25, 0.3) is 0 Å². The number of non-ortho nitro benzene ring substituents is 1. The molecule has 0 aliphatic carbocycles. The summed E-state index contributed by atoms with van der Waals surface area (Å²) < 4.78 is 5.14. The topological polar surface area (TPSA) is 92.0 Å². The van der Waals surface area contributed by atoms with Crippen molar-refractivity contribution in [2.45, 2.75) is 51.5 Å². The molecule has 2 N–H and O–H groups in total. The fourth-order valence-corrected chi connectivity index (χ4v) is 3.66. The van der Waals surface area contributed by atoms with Crippen LogP contribution in [0.2, 0.25) is 0 Å². The average molecular weight is 420 g/mol. The van der Waals surface area contributed by atoms with Crippen molar-refractivity contribution >= 4 is 11.6 Å². The van der Waals surface area contributed by atoms with Crippen LogP contribution in [0.3, 0.4) is 0 Å². The molecule has 1 heterocycles. The minimum atomic E-state index is -0.362. The number of aryl methyl sites for hydroxylation is 1. The second kappa shape index (κ2) is 13.9. The van der Waals surface area contributed by atoms with Gasteiger partial charge in [-0.15, -0.1) is 0 Å². The SMILES string of the molecule is CCNC(=NCCCCc1ccc([N+](=O)[O-])cc1)NC1CCN(CCCOC)CC1. The van der Waals surface area contributed by atoms with E-state index in [1.165, 1.54) is 0 Å². The van der Waals surface area contributed by atoms with Crippen molar-refractivity contribution in [3.63, 3.8) is 0 Å². The number of guanidine groups is 1. The zero-order valence-corrected chi connectivity index (χ0v) is 18.4. The van der Waals surface area contributed by atoms with Crippen LogP contribution in [0.15, 0.2) is 29.3 Å². The summed E-state index contributed by atoms with van der Waals surface area (Å²) in [4.78, 5) is 17.6. The molecular weight excluding hydrogens is 382 g/mol. The van der Waals surface area contributed by atoms with E-state index in [2.05, 4.69) is 22.5 Å². The lowest BCUT2D eigenvalue weighted by atomic mass is 10.1. The summed E-state index contributed by atoms with van der Waals surface area (Å²) in [5.41, 5.74) is 1.28. The molecule has 30 heavy (non-hydrogen) atoms. The van der Waals surface area contributed by atoms with Crippen molar-refractivity contribution < 1.29 is 9.66 Å². The molecular formula is C22H37N5O3. The molecule has 1 aliphatic heterocycles. The van der Waals surface area contributed by atoms with E-state index in [-0.39, 0.29) is 10.6 Å². The van der Waals surface area contributed by atoms with Crippen LogP contribution in [0.4, 0.5) is 5.69 Å². The van der Waals surface area contributed by atoms with Crippen LogP contribution in [-0.2, 0) is 11.2 Å². The Morgan fingerprint density at radius 3 is 2.60 bits per heavy atom. The Balaban J connectivity index is 1.67.